The van der Waals surface area contributed by atoms with E-state index in [4.69, 9.17) is 5.11 Å². The molecule has 1 aliphatic rings. The van der Waals surface area contributed by atoms with Crippen molar-refractivity contribution in [3.8, 4) is 0 Å². The first-order chi connectivity index (χ1) is 7.49. The molecule has 1 N–H and O–H groups in total. The van der Waals surface area contributed by atoms with Gasteiger partial charge in [-0.3, -0.25) is 14.5 Å². The standard InChI is InChI=1S/C10H13N3O3/c1-6-3-8-12(5-10(15)16)9(14)4-7(2)13(8)11-6/h3,7H,4-5H2,1-2H3,(H,15,16)/t7-/m0/s1. The highest BCUT2D eigenvalue weighted by molar-refractivity contribution is 5.98. The monoisotopic (exact) mass is 223 g/mol. The van der Waals surface area contributed by atoms with Gasteiger partial charge in [0.15, 0.2) is 0 Å². The molecule has 0 saturated carbocycles. The minimum absolute atomic E-state index is 0.0127. The number of carboxylic acids is 1. The van der Waals surface area contributed by atoms with Crippen molar-refractivity contribution in [3.05, 3.63) is 11.8 Å². The van der Waals surface area contributed by atoms with Crippen molar-refractivity contribution in [1.29, 1.82) is 0 Å². The van der Waals surface area contributed by atoms with Crippen molar-refractivity contribution in [2.45, 2.75) is 26.3 Å². The average molecular weight is 223 g/mol. The summed E-state index contributed by atoms with van der Waals surface area (Å²) in [6.07, 6.45) is 0.293. The van der Waals surface area contributed by atoms with Gasteiger partial charge < -0.3 is 5.11 Å². The molecular weight excluding hydrogens is 210 g/mol. The fourth-order valence-electron chi connectivity index (χ4n) is 1.91. The molecule has 0 aromatic carbocycles. The van der Waals surface area contributed by atoms with Crippen LogP contribution in [0.3, 0.4) is 0 Å². The van der Waals surface area contributed by atoms with Crippen LogP contribution >= 0.6 is 0 Å². The Bertz CT molecular complexity index is 452. The summed E-state index contributed by atoms with van der Waals surface area (Å²) in [7, 11) is 0. The van der Waals surface area contributed by atoms with Gasteiger partial charge in [0.1, 0.15) is 12.4 Å². The lowest BCUT2D eigenvalue weighted by Crippen LogP contribution is -2.42. The number of carboxylic acid groups (broad SMARTS) is 1. The number of amides is 1. The Hall–Kier alpha value is -1.85. The number of aromatic nitrogens is 2. The predicted molar refractivity (Wildman–Crippen MR) is 56.3 cm³/mol. The SMILES string of the molecule is Cc1cc2n(n1)[C@@H](C)CC(=O)N2CC(=O)O. The zero-order valence-electron chi connectivity index (χ0n) is 9.17. The van der Waals surface area contributed by atoms with E-state index in [2.05, 4.69) is 5.10 Å². The number of fused-ring (bicyclic) bond motifs is 1. The zero-order chi connectivity index (χ0) is 11.9. The summed E-state index contributed by atoms with van der Waals surface area (Å²) in [4.78, 5) is 23.7. The minimum atomic E-state index is -1.02. The molecule has 0 aliphatic carbocycles. The van der Waals surface area contributed by atoms with E-state index in [1.165, 1.54) is 4.90 Å². The van der Waals surface area contributed by atoms with Crippen molar-refractivity contribution in [1.82, 2.24) is 9.78 Å². The van der Waals surface area contributed by atoms with Gasteiger partial charge in [-0.1, -0.05) is 0 Å². The smallest absolute Gasteiger partial charge is 0.323 e. The van der Waals surface area contributed by atoms with Crippen molar-refractivity contribution < 1.29 is 14.7 Å². The third-order valence-corrected chi connectivity index (χ3v) is 2.60. The van der Waals surface area contributed by atoms with Crippen LogP contribution in [0, 0.1) is 6.92 Å². The maximum atomic E-state index is 11.7. The van der Waals surface area contributed by atoms with Crippen LogP contribution in [-0.4, -0.2) is 33.3 Å². The Kier molecular flexibility index (Phi) is 2.41. The zero-order valence-corrected chi connectivity index (χ0v) is 9.17. The largest absolute Gasteiger partial charge is 0.480 e. The Labute approximate surface area is 92.5 Å². The Morgan fingerprint density at radius 3 is 3.00 bits per heavy atom. The van der Waals surface area contributed by atoms with Crippen molar-refractivity contribution in [2.75, 3.05) is 11.4 Å². The van der Waals surface area contributed by atoms with Crippen molar-refractivity contribution in [2.24, 2.45) is 0 Å². The van der Waals surface area contributed by atoms with E-state index >= 15 is 0 Å². The van der Waals surface area contributed by atoms with Gasteiger partial charge in [-0.15, -0.1) is 0 Å². The van der Waals surface area contributed by atoms with Crippen LogP contribution in [0.2, 0.25) is 0 Å². The number of carbonyl (C=O) groups excluding carboxylic acids is 1. The molecule has 1 aliphatic heterocycles. The number of rotatable bonds is 2. The Morgan fingerprint density at radius 2 is 2.38 bits per heavy atom. The third kappa shape index (κ3) is 1.66. The van der Waals surface area contributed by atoms with Crippen LogP contribution in [0.1, 0.15) is 25.1 Å². The van der Waals surface area contributed by atoms with Gasteiger partial charge >= 0.3 is 5.97 Å². The Morgan fingerprint density at radius 1 is 1.69 bits per heavy atom. The molecule has 6 heteroatoms. The van der Waals surface area contributed by atoms with Gasteiger partial charge in [-0.25, -0.2) is 4.68 Å². The van der Waals surface area contributed by atoms with Gasteiger partial charge in [0.2, 0.25) is 5.91 Å². The van der Waals surface area contributed by atoms with Gasteiger partial charge in [0.25, 0.3) is 0 Å². The predicted octanol–water partition coefficient (Wildman–Crippen LogP) is 0.574. The molecule has 1 aromatic heterocycles. The molecule has 0 saturated heterocycles. The second-order valence-electron chi connectivity index (χ2n) is 4.02. The van der Waals surface area contributed by atoms with Crippen LogP contribution in [0.5, 0.6) is 0 Å². The summed E-state index contributed by atoms with van der Waals surface area (Å²) < 4.78 is 1.71. The summed E-state index contributed by atoms with van der Waals surface area (Å²) in [5.41, 5.74) is 0.784. The van der Waals surface area contributed by atoms with E-state index in [1.807, 2.05) is 13.8 Å². The molecule has 1 atom stereocenters. The molecule has 6 nitrogen and oxygen atoms in total. The van der Waals surface area contributed by atoms with E-state index in [0.29, 0.717) is 12.2 Å². The number of anilines is 1. The highest BCUT2D eigenvalue weighted by atomic mass is 16.4. The molecule has 0 bridgehead atoms. The lowest BCUT2D eigenvalue weighted by atomic mass is 10.1. The average Bonchev–Trinajstić information content (AvgIpc) is 2.54. The first kappa shape index (κ1) is 10.7. The van der Waals surface area contributed by atoms with Crippen LogP contribution < -0.4 is 4.90 Å². The summed E-state index contributed by atoms with van der Waals surface area (Å²) in [6, 6.07) is 1.72. The quantitative estimate of drug-likeness (QED) is 0.795. The third-order valence-electron chi connectivity index (χ3n) is 2.60. The fourth-order valence-corrected chi connectivity index (χ4v) is 1.91. The van der Waals surface area contributed by atoms with E-state index in [9.17, 15) is 9.59 Å². The number of aliphatic carboxylic acids is 1. The molecule has 0 radical (unpaired) electrons. The number of nitrogens with zero attached hydrogens (tertiary/aromatic N) is 3. The molecule has 2 heterocycles. The van der Waals surface area contributed by atoms with Gasteiger partial charge in [-0.05, 0) is 13.8 Å². The molecular formula is C10H13N3O3. The molecule has 0 unspecified atom stereocenters. The van der Waals surface area contributed by atoms with Crippen molar-refractivity contribution >= 4 is 17.7 Å². The molecule has 1 aromatic rings. The highest BCUT2D eigenvalue weighted by Gasteiger charge is 2.31. The first-order valence-corrected chi connectivity index (χ1v) is 5.07. The summed E-state index contributed by atoms with van der Waals surface area (Å²) in [5, 5.41) is 13.0. The highest BCUT2D eigenvalue weighted by Crippen LogP contribution is 2.28. The van der Waals surface area contributed by atoms with Crippen LogP contribution in [-0.2, 0) is 9.59 Å². The van der Waals surface area contributed by atoms with E-state index in [-0.39, 0.29) is 18.5 Å². The van der Waals surface area contributed by atoms with Gasteiger partial charge in [0.05, 0.1) is 11.7 Å². The fraction of sp³-hybridized carbons (Fsp3) is 0.500. The summed E-state index contributed by atoms with van der Waals surface area (Å²) in [6.45, 7) is 3.41. The lowest BCUT2D eigenvalue weighted by molar-refractivity contribution is -0.137. The van der Waals surface area contributed by atoms with E-state index in [1.54, 1.807) is 10.7 Å². The minimum Gasteiger partial charge on any atom is -0.480 e. The molecule has 86 valence electrons. The van der Waals surface area contributed by atoms with Gasteiger partial charge in [-0.2, -0.15) is 5.10 Å². The Balaban J connectivity index is 2.42. The summed E-state index contributed by atoms with van der Waals surface area (Å²) in [5.74, 6) is -0.612. The lowest BCUT2D eigenvalue weighted by Gasteiger charge is -2.29. The normalized spacial score (nSPS) is 19.8. The van der Waals surface area contributed by atoms with Crippen LogP contribution in [0.4, 0.5) is 5.82 Å². The first-order valence-electron chi connectivity index (χ1n) is 5.07. The maximum Gasteiger partial charge on any atom is 0.323 e. The molecule has 2 rings (SSSR count). The molecule has 16 heavy (non-hydrogen) atoms. The second kappa shape index (κ2) is 3.62. The summed E-state index contributed by atoms with van der Waals surface area (Å²) >= 11 is 0. The van der Waals surface area contributed by atoms with E-state index in [0.717, 1.165) is 5.69 Å². The number of carbonyl (C=O) groups is 2. The second-order valence-corrected chi connectivity index (χ2v) is 4.02. The van der Waals surface area contributed by atoms with Crippen molar-refractivity contribution in [3.63, 3.8) is 0 Å². The number of hydrogen-bond acceptors (Lipinski definition) is 3. The maximum absolute atomic E-state index is 11.7. The molecule has 0 spiro atoms. The van der Waals surface area contributed by atoms with Gasteiger partial charge in [0, 0.05) is 12.5 Å². The topological polar surface area (TPSA) is 75.4 Å². The molecule has 0 fully saturated rings. The number of aryl methyl sites for hydroxylation is 1. The van der Waals surface area contributed by atoms with Crippen LogP contribution in [0.25, 0.3) is 0 Å². The molecule has 1 amide bonds. The van der Waals surface area contributed by atoms with Crippen LogP contribution in [0.15, 0.2) is 6.07 Å². The number of hydrogen-bond donors (Lipinski definition) is 1. The van der Waals surface area contributed by atoms with E-state index < -0.39 is 5.97 Å².